The summed E-state index contributed by atoms with van der Waals surface area (Å²) in [6, 6.07) is 7.31. The molecule has 1 aromatic carbocycles. The third-order valence-corrected chi connectivity index (χ3v) is 5.79. The molecule has 3 aliphatic rings. The second-order valence-electron chi connectivity index (χ2n) is 7.48. The van der Waals surface area contributed by atoms with Crippen molar-refractivity contribution >= 4 is 5.91 Å². The Balaban J connectivity index is 1.40. The van der Waals surface area contributed by atoms with Gasteiger partial charge in [-0.15, -0.1) is 0 Å². The van der Waals surface area contributed by atoms with Gasteiger partial charge in [-0.2, -0.15) is 0 Å². The first kappa shape index (κ1) is 16.0. The predicted molar refractivity (Wildman–Crippen MR) is 88.8 cm³/mol. The van der Waals surface area contributed by atoms with E-state index in [1.807, 2.05) is 0 Å². The molecular formula is C19H25FN2O2. The van der Waals surface area contributed by atoms with Gasteiger partial charge in [0.1, 0.15) is 5.82 Å². The summed E-state index contributed by atoms with van der Waals surface area (Å²) in [7, 11) is 0. The standard InChI is InChI=1S/C19H25FN2O2/c20-16-4-2-1-3-15(16)18(23)12-21-10-9-17-13(11-21)5-8-19(24)22(17)14-6-7-14/h1-4,13-14,17-18,23H,5-12H2. The summed E-state index contributed by atoms with van der Waals surface area (Å²) in [4.78, 5) is 16.6. The number of halogens is 1. The number of fused-ring (bicyclic) bond motifs is 1. The maximum Gasteiger partial charge on any atom is 0.223 e. The second-order valence-corrected chi connectivity index (χ2v) is 7.48. The molecule has 1 aliphatic carbocycles. The van der Waals surface area contributed by atoms with Crippen molar-refractivity contribution in [2.45, 2.75) is 50.3 Å². The van der Waals surface area contributed by atoms with Crippen molar-refractivity contribution in [1.29, 1.82) is 0 Å². The quantitative estimate of drug-likeness (QED) is 0.920. The Kier molecular flexibility index (Phi) is 4.31. The SMILES string of the molecule is O=C1CCC2CN(CC(O)c3ccccc3F)CCC2N1C1CC1. The van der Waals surface area contributed by atoms with Crippen LogP contribution in [0, 0.1) is 11.7 Å². The highest BCUT2D eigenvalue weighted by Crippen LogP contribution is 2.39. The van der Waals surface area contributed by atoms with E-state index in [0.717, 1.165) is 38.8 Å². The molecular weight excluding hydrogens is 307 g/mol. The zero-order valence-electron chi connectivity index (χ0n) is 13.9. The topological polar surface area (TPSA) is 43.8 Å². The monoisotopic (exact) mass is 332 g/mol. The Morgan fingerprint density at radius 1 is 1.21 bits per heavy atom. The molecule has 2 saturated heterocycles. The minimum atomic E-state index is -0.799. The van der Waals surface area contributed by atoms with E-state index in [-0.39, 0.29) is 5.82 Å². The number of β-amino-alcohol motifs (C(OH)–C–C–N with tert-alkyl or cyclic N) is 1. The maximum absolute atomic E-state index is 13.8. The molecule has 3 atom stereocenters. The zero-order valence-corrected chi connectivity index (χ0v) is 13.9. The summed E-state index contributed by atoms with van der Waals surface area (Å²) in [6.45, 7) is 2.22. The fourth-order valence-corrected chi connectivity index (χ4v) is 4.45. The van der Waals surface area contributed by atoms with Crippen molar-refractivity contribution in [3.05, 3.63) is 35.6 Å². The molecule has 1 saturated carbocycles. The van der Waals surface area contributed by atoms with E-state index in [4.69, 9.17) is 0 Å². The van der Waals surface area contributed by atoms with Crippen molar-refractivity contribution < 1.29 is 14.3 Å². The molecule has 0 spiro atoms. The van der Waals surface area contributed by atoms with Crippen LogP contribution in [0.4, 0.5) is 4.39 Å². The molecule has 0 radical (unpaired) electrons. The minimum Gasteiger partial charge on any atom is -0.387 e. The van der Waals surface area contributed by atoms with Gasteiger partial charge in [-0.05, 0) is 37.7 Å². The van der Waals surface area contributed by atoms with Crippen LogP contribution in [0.1, 0.15) is 43.8 Å². The molecule has 2 heterocycles. The zero-order chi connectivity index (χ0) is 16.7. The first-order valence-electron chi connectivity index (χ1n) is 9.09. The first-order chi connectivity index (χ1) is 11.6. The maximum atomic E-state index is 13.8. The number of benzene rings is 1. The summed E-state index contributed by atoms with van der Waals surface area (Å²) >= 11 is 0. The van der Waals surface area contributed by atoms with Crippen LogP contribution in [-0.2, 0) is 4.79 Å². The Morgan fingerprint density at radius 2 is 2.00 bits per heavy atom. The third kappa shape index (κ3) is 3.07. The van der Waals surface area contributed by atoms with Gasteiger partial charge in [-0.25, -0.2) is 4.39 Å². The molecule has 4 rings (SSSR count). The molecule has 24 heavy (non-hydrogen) atoms. The van der Waals surface area contributed by atoms with Gasteiger partial charge < -0.3 is 10.0 Å². The molecule has 3 fully saturated rings. The number of hydrogen-bond acceptors (Lipinski definition) is 3. The lowest BCUT2D eigenvalue weighted by Gasteiger charge is -2.47. The van der Waals surface area contributed by atoms with E-state index in [0.29, 0.717) is 42.4 Å². The van der Waals surface area contributed by atoms with Gasteiger partial charge in [0.15, 0.2) is 0 Å². The van der Waals surface area contributed by atoms with Crippen LogP contribution in [0.5, 0.6) is 0 Å². The molecule has 1 aromatic rings. The summed E-state index contributed by atoms with van der Waals surface area (Å²) < 4.78 is 13.8. The summed E-state index contributed by atoms with van der Waals surface area (Å²) in [5.41, 5.74) is 0.373. The first-order valence-corrected chi connectivity index (χ1v) is 9.09. The fourth-order valence-electron chi connectivity index (χ4n) is 4.45. The van der Waals surface area contributed by atoms with Crippen LogP contribution in [0.25, 0.3) is 0 Å². The van der Waals surface area contributed by atoms with Gasteiger partial charge in [0.2, 0.25) is 5.91 Å². The highest BCUT2D eigenvalue weighted by atomic mass is 19.1. The van der Waals surface area contributed by atoms with E-state index < -0.39 is 6.10 Å². The van der Waals surface area contributed by atoms with Crippen LogP contribution in [0.15, 0.2) is 24.3 Å². The molecule has 5 heteroatoms. The number of aliphatic hydroxyl groups excluding tert-OH is 1. The number of likely N-dealkylation sites (tertiary alicyclic amines) is 2. The van der Waals surface area contributed by atoms with Crippen LogP contribution in [0.2, 0.25) is 0 Å². The molecule has 4 nitrogen and oxygen atoms in total. The van der Waals surface area contributed by atoms with Gasteiger partial charge in [0, 0.05) is 43.7 Å². The smallest absolute Gasteiger partial charge is 0.223 e. The summed E-state index contributed by atoms with van der Waals surface area (Å²) in [6.07, 6.45) is 4.08. The van der Waals surface area contributed by atoms with E-state index in [1.165, 1.54) is 6.07 Å². The van der Waals surface area contributed by atoms with E-state index in [2.05, 4.69) is 9.80 Å². The number of hydrogen-bond donors (Lipinski definition) is 1. The number of nitrogens with zero attached hydrogens (tertiary/aromatic N) is 2. The summed E-state index contributed by atoms with van der Waals surface area (Å²) in [5, 5.41) is 10.4. The Labute approximate surface area is 142 Å². The molecule has 1 N–H and O–H groups in total. The van der Waals surface area contributed by atoms with Crippen LogP contribution >= 0.6 is 0 Å². The lowest BCUT2D eigenvalue weighted by atomic mass is 9.83. The van der Waals surface area contributed by atoms with Gasteiger partial charge in [0.05, 0.1) is 6.10 Å². The second kappa shape index (κ2) is 6.45. The number of rotatable bonds is 4. The van der Waals surface area contributed by atoms with Gasteiger partial charge in [0.25, 0.3) is 0 Å². The van der Waals surface area contributed by atoms with Crippen LogP contribution in [0.3, 0.4) is 0 Å². The average molecular weight is 332 g/mol. The van der Waals surface area contributed by atoms with Crippen molar-refractivity contribution in [2.75, 3.05) is 19.6 Å². The Bertz CT molecular complexity index is 619. The average Bonchev–Trinajstić information content (AvgIpc) is 3.40. The molecule has 2 aliphatic heterocycles. The molecule has 0 aromatic heterocycles. The Morgan fingerprint density at radius 3 is 2.75 bits per heavy atom. The molecule has 130 valence electrons. The predicted octanol–water partition coefficient (Wildman–Crippen LogP) is 2.33. The number of carbonyl (C=O) groups excluding carboxylic acids is 1. The number of carbonyl (C=O) groups is 1. The van der Waals surface area contributed by atoms with E-state index >= 15 is 0 Å². The van der Waals surface area contributed by atoms with Gasteiger partial charge >= 0.3 is 0 Å². The molecule has 1 amide bonds. The minimum absolute atomic E-state index is 0.332. The molecule has 0 bridgehead atoms. The largest absolute Gasteiger partial charge is 0.387 e. The number of aliphatic hydroxyl groups is 1. The third-order valence-electron chi connectivity index (χ3n) is 5.79. The highest BCUT2D eigenvalue weighted by molar-refractivity contribution is 5.78. The van der Waals surface area contributed by atoms with Crippen molar-refractivity contribution in [3.8, 4) is 0 Å². The number of amides is 1. The Hall–Kier alpha value is -1.46. The van der Waals surface area contributed by atoms with Gasteiger partial charge in [-0.3, -0.25) is 9.69 Å². The van der Waals surface area contributed by atoms with Crippen LogP contribution in [-0.4, -0.2) is 52.5 Å². The summed E-state index contributed by atoms with van der Waals surface area (Å²) in [5.74, 6) is 0.478. The van der Waals surface area contributed by atoms with Crippen LogP contribution < -0.4 is 0 Å². The van der Waals surface area contributed by atoms with Crippen molar-refractivity contribution in [1.82, 2.24) is 9.80 Å². The highest BCUT2D eigenvalue weighted by Gasteiger charge is 2.45. The van der Waals surface area contributed by atoms with Gasteiger partial charge in [-0.1, -0.05) is 18.2 Å². The lowest BCUT2D eigenvalue weighted by molar-refractivity contribution is -0.142. The van der Waals surface area contributed by atoms with E-state index in [1.54, 1.807) is 18.2 Å². The van der Waals surface area contributed by atoms with Crippen molar-refractivity contribution in [3.63, 3.8) is 0 Å². The lowest BCUT2D eigenvalue weighted by Crippen LogP contribution is -2.57. The molecule has 3 unspecified atom stereocenters. The number of piperidine rings is 2. The van der Waals surface area contributed by atoms with E-state index in [9.17, 15) is 14.3 Å². The normalized spacial score (nSPS) is 29.4. The van der Waals surface area contributed by atoms with Crippen molar-refractivity contribution in [2.24, 2.45) is 5.92 Å². The fraction of sp³-hybridized carbons (Fsp3) is 0.632.